The monoisotopic (exact) mass is 329 g/mol. The van der Waals surface area contributed by atoms with Gasteiger partial charge in [-0.1, -0.05) is 58.8 Å². The molecule has 0 rings (SSSR count). The largest absolute Gasteiger partial charge is 0.464 e. The Balaban J connectivity index is 3.70. The van der Waals surface area contributed by atoms with Crippen LogP contribution in [0.1, 0.15) is 78.6 Å². The first-order chi connectivity index (χ1) is 11.2. The molecule has 5 nitrogen and oxygen atoms in total. The van der Waals surface area contributed by atoms with E-state index in [4.69, 9.17) is 9.47 Å². The molecule has 0 bridgehead atoms. The first-order valence-corrected chi connectivity index (χ1v) is 9.22. The maximum atomic E-state index is 11.8. The summed E-state index contributed by atoms with van der Waals surface area (Å²) in [5.74, 6) is -0.356. The van der Waals surface area contributed by atoms with E-state index in [0.717, 1.165) is 25.7 Å². The van der Waals surface area contributed by atoms with Gasteiger partial charge in [-0.2, -0.15) is 0 Å². The average molecular weight is 329 g/mol. The van der Waals surface area contributed by atoms with Crippen LogP contribution in [0.25, 0.3) is 0 Å². The van der Waals surface area contributed by atoms with Crippen molar-refractivity contribution in [2.45, 2.75) is 78.6 Å². The number of rotatable bonds is 14. The van der Waals surface area contributed by atoms with Crippen molar-refractivity contribution in [2.24, 2.45) is 0 Å². The quantitative estimate of drug-likeness (QED) is 0.347. The van der Waals surface area contributed by atoms with E-state index in [1.54, 1.807) is 0 Å². The smallest absolute Gasteiger partial charge is 0.410 e. The van der Waals surface area contributed by atoms with Crippen molar-refractivity contribution in [2.75, 3.05) is 26.3 Å². The van der Waals surface area contributed by atoms with Crippen molar-refractivity contribution in [3.05, 3.63) is 0 Å². The molecule has 0 aromatic carbocycles. The van der Waals surface area contributed by atoms with E-state index in [-0.39, 0.29) is 12.5 Å². The van der Waals surface area contributed by atoms with Crippen molar-refractivity contribution < 1.29 is 19.1 Å². The zero-order valence-corrected chi connectivity index (χ0v) is 15.3. The number of nitrogens with zero attached hydrogens (tertiary/aromatic N) is 1. The SMILES string of the molecule is CCCCCCCCCOC(=O)CN(CC)C(=O)OCCCC. The Kier molecular flexibility index (Phi) is 14.8. The number of amides is 1. The summed E-state index contributed by atoms with van der Waals surface area (Å²) in [7, 11) is 0. The minimum absolute atomic E-state index is 0.0298. The van der Waals surface area contributed by atoms with Gasteiger partial charge in [-0.15, -0.1) is 0 Å². The fraction of sp³-hybridized carbons (Fsp3) is 0.889. The van der Waals surface area contributed by atoms with E-state index >= 15 is 0 Å². The molecule has 1 amide bonds. The molecule has 0 aromatic heterocycles. The van der Waals surface area contributed by atoms with Crippen molar-refractivity contribution in [3.63, 3.8) is 0 Å². The highest BCUT2D eigenvalue weighted by molar-refractivity contribution is 5.78. The van der Waals surface area contributed by atoms with Gasteiger partial charge in [0.2, 0.25) is 0 Å². The third-order valence-electron chi connectivity index (χ3n) is 3.69. The third kappa shape index (κ3) is 12.9. The molecule has 0 fully saturated rings. The van der Waals surface area contributed by atoms with Gasteiger partial charge in [0, 0.05) is 6.54 Å². The lowest BCUT2D eigenvalue weighted by Crippen LogP contribution is -2.37. The van der Waals surface area contributed by atoms with E-state index in [1.165, 1.54) is 37.0 Å². The molecular weight excluding hydrogens is 294 g/mol. The zero-order valence-electron chi connectivity index (χ0n) is 15.3. The summed E-state index contributed by atoms with van der Waals surface area (Å²) in [6.45, 7) is 7.32. The first-order valence-electron chi connectivity index (χ1n) is 9.22. The van der Waals surface area contributed by atoms with Gasteiger partial charge in [0.15, 0.2) is 0 Å². The van der Waals surface area contributed by atoms with Crippen LogP contribution in [0.4, 0.5) is 4.79 Å². The van der Waals surface area contributed by atoms with Gasteiger partial charge in [-0.05, 0) is 19.8 Å². The van der Waals surface area contributed by atoms with Crippen LogP contribution < -0.4 is 0 Å². The summed E-state index contributed by atoms with van der Waals surface area (Å²) in [5, 5.41) is 0. The van der Waals surface area contributed by atoms with E-state index in [2.05, 4.69) is 6.92 Å². The molecule has 0 N–H and O–H groups in total. The van der Waals surface area contributed by atoms with Gasteiger partial charge in [0.1, 0.15) is 6.54 Å². The predicted molar refractivity (Wildman–Crippen MR) is 92.5 cm³/mol. The normalized spacial score (nSPS) is 10.4. The Morgan fingerprint density at radius 1 is 0.739 bits per heavy atom. The topological polar surface area (TPSA) is 55.8 Å². The molecule has 136 valence electrons. The fourth-order valence-electron chi connectivity index (χ4n) is 2.15. The molecule has 0 saturated heterocycles. The standard InChI is InChI=1S/C18H35NO4/c1-4-7-9-10-11-12-13-15-22-17(20)16-19(6-3)18(21)23-14-8-5-2/h4-16H2,1-3H3. The summed E-state index contributed by atoms with van der Waals surface area (Å²) < 4.78 is 10.3. The molecule has 0 atom stereocenters. The van der Waals surface area contributed by atoms with Crippen molar-refractivity contribution in [3.8, 4) is 0 Å². The van der Waals surface area contributed by atoms with Gasteiger partial charge in [-0.25, -0.2) is 4.79 Å². The van der Waals surface area contributed by atoms with Gasteiger partial charge in [-0.3, -0.25) is 9.69 Å². The minimum atomic E-state index is -0.436. The molecule has 0 heterocycles. The summed E-state index contributed by atoms with van der Waals surface area (Å²) in [6, 6.07) is 0. The molecule has 5 heteroatoms. The Labute approximate surface area is 141 Å². The average Bonchev–Trinajstić information content (AvgIpc) is 2.55. The molecule has 0 aliphatic heterocycles. The highest BCUT2D eigenvalue weighted by Gasteiger charge is 2.17. The Hall–Kier alpha value is -1.26. The van der Waals surface area contributed by atoms with Gasteiger partial charge in [0.05, 0.1) is 13.2 Å². The van der Waals surface area contributed by atoms with Gasteiger partial charge in [0.25, 0.3) is 0 Å². The van der Waals surface area contributed by atoms with Crippen LogP contribution in [0, 0.1) is 0 Å². The number of unbranched alkanes of at least 4 members (excludes halogenated alkanes) is 7. The van der Waals surface area contributed by atoms with Crippen molar-refractivity contribution >= 4 is 12.1 Å². The molecular formula is C18H35NO4. The lowest BCUT2D eigenvalue weighted by atomic mass is 10.1. The number of ether oxygens (including phenoxy) is 2. The lowest BCUT2D eigenvalue weighted by molar-refractivity contribution is -0.144. The molecule has 0 aromatic rings. The van der Waals surface area contributed by atoms with Crippen LogP contribution in [0.15, 0.2) is 0 Å². The Bertz CT molecular complexity index is 307. The third-order valence-corrected chi connectivity index (χ3v) is 3.69. The van der Waals surface area contributed by atoms with E-state index in [9.17, 15) is 9.59 Å². The number of likely N-dealkylation sites (N-methyl/N-ethyl adjacent to an activating group) is 1. The number of carbonyl (C=O) groups excluding carboxylic acids is 2. The second kappa shape index (κ2) is 15.6. The maximum absolute atomic E-state index is 11.8. The van der Waals surface area contributed by atoms with E-state index in [0.29, 0.717) is 19.8 Å². The Morgan fingerprint density at radius 3 is 1.91 bits per heavy atom. The molecule has 0 saturated carbocycles. The lowest BCUT2D eigenvalue weighted by Gasteiger charge is -2.19. The highest BCUT2D eigenvalue weighted by atomic mass is 16.6. The predicted octanol–water partition coefficient (Wildman–Crippen LogP) is 4.54. The van der Waals surface area contributed by atoms with Crippen LogP contribution in [0.5, 0.6) is 0 Å². The van der Waals surface area contributed by atoms with Crippen LogP contribution >= 0.6 is 0 Å². The number of hydrogen-bond donors (Lipinski definition) is 0. The number of carbonyl (C=O) groups is 2. The number of hydrogen-bond acceptors (Lipinski definition) is 4. The van der Waals surface area contributed by atoms with Gasteiger partial charge >= 0.3 is 12.1 Å². The summed E-state index contributed by atoms with van der Waals surface area (Å²) >= 11 is 0. The summed E-state index contributed by atoms with van der Waals surface area (Å²) in [4.78, 5) is 24.9. The van der Waals surface area contributed by atoms with Crippen molar-refractivity contribution in [1.29, 1.82) is 0 Å². The highest BCUT2D eigenvalue weighted by Crippen LogP contribution is 2.07. The van der Waals surface area contributed by atoms with Crippen LogP contribution in [0.3, 0.4) is 0 Å². The fourth-order valence-corrected chi connectivity index (χ4v) is 2.15. The summed E-state index contributed by atoms with van der Waals surface area (Å²) in [5.41, 5.74) is 0. The van der Waals surface area contributed by atoms with E-state index < -0.39 is 6.09 Å². The van der Waals surface area contributed by atoms with Crippen LogP contribution in [-0.2, 0) is 14.3 Å². The molecule has 0 spiro atoms. The molecule has 0 unspecified atom stereocenters. The second-order valence-electron chi connectivity index (χ2n) is 5.82. The van der Waals surface area contributed by atoms with E-state index in [1.807, 2.05) is 13.8 Å². The second-order valence-corrected chi connectivity index (χ2v) is 5.82. The molecule has 0 aliphatic rings. The maximum Gasteiger partial charge on any atom is 0.410 e. The molecule has 23 heavy (non-hydrogen) atoms. The van der Waals surface area contributed by atoms with Crippen LogP contribution in [0.2, 0.25) is 0 Å². The van der Waals surface area contributed by atoms with Crippen molar-refractivity contribution in [1.82, 2.24) is 4.90 Å². The zero-order chi connectivity index (χ0) is 17.3. The first kappa shape index (κ1) is 21.7. The minimum Gasteiger partial charge on any atom is -0.464 e. The van der Waals surface area contributed by atoms with Gasteiger partial charge < -0.3 is 9.47 Å². The molecule has 0 aliphatic carbocycles. The molecule has 0 radical (unpaired) electrons. The van der Waals surface area contributed by atoms with Crippen LogP contribution in [-0.4, -0.2) is 43.3 Å². The summed E-state index contributed by atoms with van der Waals surface area (Å²) in [6.07, 6.45) is 9.67. The Morgan fingerprint density at radius 2 is 1.30 bits per heavy atom. The number of esters is 1.